The summed E-state index contributed by atoms with van der Waals surface area (Å²) in [6.45, 7) is 6.07. The van der Waals surface area contributed by atoms with Crippen molar-refractivity contribution in [2.45, 2.75) is 45.4 Å². The van der Waals surface area contributed by atoms with Gasteiger partial charge >= 0.3 is 12.3 Å². The van der Waals surface area contributed by atoms with Crippen molar-refractivity contribution in [1.29, 1.82) is 0 Å². The van der Waals surface area contributed by atoms with Crippen LogP contribution in [-0.4, -0.2) is 69.1 Å². The molecule has 186 valence electrons. The molecular formula is C22H27F4N5O3. The van der Waals surface area contributed by atoms with Gasteiger partial charge in [-0.3, -0.25) is 4.79 Å². The number of carbonyl (C=O) groups is 2. The van der Waals surface area contributed by atoms with Gasteiger partial charge in [0.2, 0.25) is 0 Å². The molecule has 3 rings (SSSR count). The fraction of sp³-hybridized carbons (Fsp3) is 0.545. The molecule has 2 amide bonds. The van der Waals surface area contributed by atoms with Crippen LogP contribution in [0.5, 0.6) is 0 Å². The predicted octanol–water partition coefficient (Wildman–Crippen LogP) is 4.14. The molecule has 2 aromatic rings. The second-order valence-electron chi connectivity index (χ2n) is 9.24. The zero-order valence-electron chi connectivity index (χ0n) is 19.4. The lowest BCUT2D eigenvalue weighted by atomic mass is 9.96. The summed E-state index contributed by atoms with van der Waals surface area (Å²) in [5.74, 6) is -1.79. The van der Waals surface area contributed by atoms with Crippen LogP contribution in [0.2, 0.25) is 0 Å². The Kier molecular flexibility index (Phi) is 7.18. The van der Waals surface area contributed by atoms with Crippen molar-refractivity contribution in [3.63, 3.8) is 0 Å². The minimum atomic E-state index is -4.98. The van der Waals surface area contributed by atoms with E-state index in [1.54, 1.807) is 27.8 Å². The number of ether oxygens (including phenoxy) is 1. The number of para-hydroxylation sites is 1. The summed E-state index contributed by atoms with van der Waals surface area (Å²) < 4.78 is 61.3. The fourth-order valence-electron chi connectivity index (χ4n) is 3.74. The van der Waals surface area contributed by atoms with Crippen molar-refractivity contribution in [2.24, 2.45) is 5.92 Å². The first kappa shape index (κ1) is 25.4. The van der Waals surface area contributed by atoms with E-state index in [0.29, 0.717) is 24.1 Å². The van der Waals surface area contributed by atoms with Gasteiger partial charge in [-0.2, -0.15) is 13.2 Å². The molecular weight excluding hydrogens is 458 g/mol. The summed E-state index contributed by atoms with van der Waals surface area (Å²) in [4.78, 5) is 27.8. The number of hydrogen-bond acceptors (Lipinski definition) is 5. The lowest BCUT2D eigenvalue weighted by molar-refractivity contribution is -0.143. The Morgan fingerprint density at radius 1 is 1.15 bits per heavy atom. The van der Waals surface area contributed by atoms with E-state index in [9.17, 15) is 27.2 Å². The topological polar surface area (TPSA) is 80.6 Å². The normalized spacial score (nSPS) is 15.4. The SMILES string of the molecule is CN(CC1CCN(C(=O)c2nnn(-c3ccccc3F)c2C(F)(F)F)CC1)C(=O)OC(C)(C)C. The molecule has 0 N–H and O–H groups in total. The Morgan fingerprint density at radius 2 is 1.76 bits per heavy atom. The van der Waals surface area contributed by atoms with Crippen LogP contribution in [0.25, 0.3) is 5.69 Å². The third-order valence-electron chi connectivity index (χ3n) is 5.36. The molecule has 0 aliphatic carbocycles. The zero-order valence-corrected chi connectivity index (χ0v) is 19.4. The maximum Gasteiger partial charge on any atom is 0.435 e. The van der Waals surface area contributed by atoms with Crippen molar-refractivity contribution in [3.8, 4) is 5.69 Å². The van der Waals surface area contributed by atoms with Crippen LogP contribution >= 0.6 is 0 Å². The van der Waals surface area contributed by atoms with Crippen molar-refractivity contribution in [3.05, 3.63) is 41.5 Å². The number of likely N-dealkylation sites (tertiary alicyclic amines) is 1. The average Bonchev–Trinajstić information content (AvgIpc) is 3.18. The standard InChI is InChI=1S/C22H27F4N5O3/c1-21(2,3)34-20(33)29(4)13-14-9-11-30(12-10-14)19(32)17-18(22(24,25)26)31(28-27-17)16-8-6-5-7-15(16)23/h5-8,14H,9-13H2,1-4H3. The predicted molar refractivity (Wildman–Crippen MR) is 114 cm³/mol. The monoisotopic (exact) mass is 485 g/mol. The van der Waals surface area contributed by atoms with E-state index in [4.69, 9.17) is 4.74 Å². The molecule has 8 nitrogen and oxygen atoms in total. The largest absolute Gasteiger partial charge is 0.444 e. The van der Waals surface area contributed by atoms with E-state index >= 15 is 0 Å². The summed E-state index contributed by atoms with van der Waals surface area (Å²) in [6.07, 6.45) is -4.47. The van der Waals surface area contributed by atoms with Gasteiger partial charge in [0.05, 0.1) is 0 Å². The van der Waals surface area contributed by atoms with Crippen LogP contribution in [0.1, 0.15) is 49.8 Å². The average molecular weight is 485 g/mol. The zero-order chi connectivity index (χ0) is 25.3. The molecule has 0 spiro atoms. The van der Waals surface area contributed by atoms with Crippen molar-refractivity contribution >= 4 is 12.0 Å². The van der Waals surface area contributed by atoms with Crippen LogP contribution in [0, 0.1) is 11.7 Å². The quantitative estimate of drug-likeness (QED) is 0.608. The number of nitrogens with zero attached hydrogens (tertiary/aromatic N) is 5. The number of hydrogen-bond donors (Lipinski definition) is 0. The van der Waals surface area contributed by atoms with Crippen LogP contribution in [0.4, 0.5) is 22.4 Å². The molecule has 1 aliphatic rings. The van der Waals surface area contributed by atoms with Gasteiger partial charge in [0.25, 0.3) is 5.91 Å². The second kappa shape index (κ2) is 9.59. The van der Waals surface area contributed by atoms with E-state index in [1.807, 2.05) is 0 Å². The van der Waals surface area contributed by atoms with Crippen molar-refractivity contribution in [2.75, 3.05) is 26.7 Å². The Hall–Kier alpha value is -3.18. The third-order valence-corrected chi connectivity index (χ3v) is 5.36. The Morgan fingerprint density at radius 3 is 2.32 bits per heavy atom. The summed E-state index contributed by atoms with van der Waals surface area (Å²) in [6, 6.07) is 4.82. The molecule has 34 heavy (non-hydrogen) atoms. The highest BCUT2D eigenvalue weighted by atomic mass is 19.4. The van der Waals surface area contributed by atoms with Gasteiger partial charge in [0.15, 0.2) is 11.4 Å². The Labute approximate surface area is 194 Å². The molecule has 1 fully saturated rings. The highest BCUT2D eigenvalue weighted by Gasteiger charge is 2.43. The molecule has 1 saturated heterocycles. The summed E-state index contributed by atoms with van der Waals surface area (Å²) >= 11 is 0. The van der Waals surface area contributed by atoms with Gasteiger partial charge in [-0.15, -0.1) is 5.10 Å². The molecule has 1 aliphatic heterocycles. The molecule has 0 radical (unpaired) electrons. The number of rotatable bonds is 4. The Balaban J connectivity index is 1.71. The maximum atomic E-state index is 14.1. The molecule has 0 bridgehead atoms. The number of alkyl halides is 3. The van der Waals surface area contributed by atoms with E-state index < -0.39 is 46.7 Å². The number of halogens is 4. The van der Waals surface area contributed by atoms with Crippen LogP contribution in [-0.2, 0) is 10.9 Å². The summed E-state index contributed by atoms with van der Waals surface area (Å²) in [7, 11) is 1.61. The number of piperidine rings is 1. The lowest BCUT2D eigenvalue weighted by Gasteiger charge is -2.34. The van der Waals surface area contributed by atoms with Crippen LogP contribution in [0.3, 0.4) is 0 Å². The summed E-state index contributed by atoms with van der Waals surface area (Å²) in [5.41, 5.74) is -3.38. The van der Waals surface area contributed by atoms with Gasteiger partial charge in [-0.1, -0.05) is 17.3 Å². The van der Waals surface area contributed by atoms with Gasteiger partial charge in [0, 0.05) is 26.7 Å². The highest BCUT2D eigenvalue weighted by molar-refractivity contribution is 5.93. The van der Waals surface area contributed by atoms with E-state index in [2.05, 4.69) is 10.3 Å². The molecule has 12 heteroatoms. The van der Waals surface area contributed by atoms with Gasteiger partial charge in [-0.05, 0) is 51.7 Å². The van der Waals surface area contributed by atoms with Crippen LogP contribution < -0.4 is 0 Å². The fourth-order valence-corrected chi connectivity index (χ4v) is 3.74. The molecule has 0 unspecified atom stereocenters. The molecule has 1 aromatic carbocycles. The number of aromatic nitrogens is 3. The van der Waals surface area contributed by atoms with Crippen molar-refractivity contribution < 1.29 is 31.9 Å². The number of benzene rings is 1. The van der Waals surface area contributed by atoms with Gasteiger partial charge < -0.3 is 14.5 Å². The minimum Gasteiger partial charge on any atom is -0.444 e. The Bertz CT molecular complexity index is 1040. The van der Waals surface area contributed by atoms with E-state index in [-0.39, 0.29) is 19.0 Å². The number of amides is 2. The number of carbonyl (C=O) groups excluding carboxylic acids is 2. The van der Waals surface area contributed by atoms with Gasteiger partial charge in [-0.25, -0.2) is 13.9 Å². The maximum absolute atomic E-state index is 14.1. The first-order valence-corrected chi connectivity index (χ1v) is 10.8. The van der Waals surface area contributed by atoms with Crippen molar-refractivity contribution in [1.82, 2.24) is 24.8 Å². The minimum absolute atomic E-state index is 0.0535. The third kappa shape index (κ3) is 5.84. The smallest absolute Gasteiger partial charge is 0.435 e. The molecule has 0 atom stereocenters. The molecule has 2 heterocycles. The van der Waals surface area contributed by atoms with E-state index in [1.165, 1.54) is 21.9 Å². The highest BCUT2D eigenvalue weighted by Crippen LogP contribution is 2.34. The van der Waals surface area contributed by atoms with E-state index in [0.717, 1.165) is 12.1 Å². The van der Waals surface area contributed by atoms with Gasteiger partial charge in [0.1, 0.15) is 17.1 Å². The first-order valence-electron chi connectivity index (χ1n) is 10.8. The first-order chi connectivity index (χ1) is 15.8. The molecule has 1 aromatic heterocycles. The molecule has 0 saturated carbocycles. The van der Waals surface area contributed by atoms with Crippen LogP contribution in [0.15, 0.2) is 24.3 Å². The lowest BCUT2D eigenvalue weighted by Crippen LogP contribution is -2.43. The second-order valence-corrected chi connectivity index (χ2v) is 9.24. The summed E-state index contributed by atoms with van der Waals surface area (Å²) in [5, 5.41) is 6.90.